The third-order valence-electron chi connectivity index (χ3n) is 12.5. The summed E-state index contributed by atoms with van der Waals surface area (Å²) in [7, 11) is 0. The maximum atomic E-state index is 4.93. The van der Waals surface area contributed by atoms with Crippen molar-refractivity contribution in [1.29, 1.82) is 0 Å². The summed E-state index contributed by atoms with van der Waals surface area (Å²) in [6.45, 7) is 0. The van der Waals surface area contributed by atoms with Gasteiger partial charge < -0.3 is 0 Å². The monoisotopic (exact) mass is 573 g/mol. The summed E-state index contributed by atoms with van der Waals surface area (Å²) in [5.74, 6) is 8.84. The largest absolute Gasteiger partial charge is 0.265 e. The van der Waals surface area contributed by atoms with E-state index < -0.39 is 0 Å². The molecule has 5 aromatic rings. The standard InChI is InChI=1S/C39H35N5/c1-2-28(21-29(3-1)38-43-36(26-8-12-40-13-9-26)42-37(44-38)27-10-14-41-15-11-27)25-4-6-30(7-5-25)39-22-24-17-32-31-16-23(19-34(32)39)20-35(39)33(31)18-24/h1-15,21,23-24,31-35H,16-20,22H2. The molecule has 3 heterocycles. The van der Waals surface area contributed by atoms with Crippen LogP contribution in [0.3, 0.4) is 0 Å². The Labute approximate surface area is 258 Å². The fourth-order valence-electron chi connectivity index (χ4n) is 11.1. The highest BCUT2D eigenvalue weighted by molar-refractivity contribution is 5.72. The summed E-state index contributed by atoms with van der Waals surface area (Å²) in [5.41, 5.74) is 7.35. The van der Waals surface area contributed by atoms with Crippen LogP contribution >= 0.6 is 0 Å². The lowest BCUT2D eigenvalue weighted by molar-refractivity contribution is -0.220. The highest BCUT2D eigenvalue weighted by atomic mass is 15.0. The van der Waals surface area contributed by atoms with Crippen LogP contribution in [0, 0.1) is 41.4 Å². The molecule has 5 nitrogen and oxygen atoms in total. The van der Waals surface area contributed by atoms with Gasteiger partial charge in [-0.05, 0) is 127 Å². The minimum atomic E-state index is 0.446. The van der Waals surface area contributed by atoms with Crippen molar-refractivity contribution in [2.45, 2.75) is 43.9 Å². The number of benzene rings is 2. The minimum Gasteiger partial charge on any atom is -0.265 e. The molecule has 0 radical (unpaired) electrons. The summed E-state index contributed by atoms with van der Waals surface area (Å²) in [6.07, 6.45) is 16.1. The van der Waals surface area contributed by atoms with Crippen LogP contribution in [0.1, 0.15) is 44.1 Å². The molecule has 8 bridgehead atoms. The number of hydrogen-bond acceptors (Lipinski definition) is 5. The Hall–Kier alpha value is -4.25. The van der Waals surface area contributed by atoms with Gasteiger partial charge in [0, 0.05) is 46.9 Å². The molecule has 4 atom stereocenters. The van der Waals surface area contributed by atoms with Crippen molar-refractivity contribution in [1.82, 2.24) is 24.9 Å². The average molecular weight is 574 g/mol. The highest BCUT2D eigenvalue weighted by Crippen LogP contribution is 2.76. The molecule has 0 N–H and O–H groups in total. The van der Waals surface area contributed by atoms with Gasteiger partial charge in [0.2, 0.25) is 0 Å². The van der Waals surface area contributed by atoms with E-state index in [1.807, 2.05) is 24.3 Å². The first kappa shape index (κ1) is 25.1. The SMILES string of the molecule is c1cc(-c2ccc(C34CC5CC6C7CC(CC63)CC4C7C5)cc2)cc(-c2nc(-c3ccncc3)nc(-c3ccncc3)n2)c1. The van der Waals surface area contributed by atoms with Gasteiger partial charge in [0.15, 0.2) is 17.5 Å². The lowest BCUT2D eigenvalue weighted by Crippen LogP contribution is -2.69. The molecule has 4 unspecified atom stereocenters. The Balaban J connectivity index is 1.02. The van der Waals surface area contributed by atoms with Gasteiger partial charge in [0.1, 0.15) is 0 Å². The van der Waals surface area contributed by atoms with E-state index in [1.54, 1.807) is 36.8 Å². The lowest BCUT2D eigenvalue weighted by Gasteiger charge is -2.74. The summed E-state index contributed by atoms with van der Waals surface area (Å²) in [6, 6.07) is 26.2. The van der Waals surface area contributed by atoms with Gasteiger partial charge in [-0.1, -0.05) is 42.5 Å². The first-order valence-electron chi connectivity index (χ1n) is 16.5. The second-order valence-electron chi connectivity index (χ2n) is 14.3. The maximum absolute atomic E-state index is 4.93. The molecule has 7 fully saturated rings. The Kier molecular flexibility index (Phi) is 5.35. The second-order valence-corrected chi connectivity index (χ2v) is 14.3. The highest BCUT2D eigenvalue weighted by Gasteiger charge is 2.70. The summed E-state index contributed by atoms with van der Waals surface area (Å²) >= 11 is 0. The Bertz CT molecular complexity index is 1790. The fourth-order valence-corrected chi connectivity index (χ4v) is 11.1. The van der Waals surface area contributed by atoms with E-state index in [4.69, 9.17) is 15.0 Å². The van der Waals surface area contributed by atoms with E-state index in [9.17, 15) is 0 Å². The second kappa shape index (κ2) is 9.37. The predicted octanol–water partition coefficient (Wildman–Crippen LogP) is 8.29. The number of rotatable bonds is 5. The summed E-state index contributed by atoms with van der Waals surface area (Å²) in [4.78, 5) is 23.0. The van der Waals surface area contributed by atoms with Gasteiger partial charge >= 0.3 is 0 Å². The number of hydrogen-bond donors (Lipinski definition) is 0. The molecular formula is C39H35N5. The average Bonchev–Trinajstić information content (AvgIpc) is 3.11. The van der Waals surface area contributed by atoms with Crippen molar-refractivity contribution < 1.29 is 0 Å². The molecule has 0 saturated heterocycles. The quantitative estimate of drug-likeness (QED) is 0.212. The van der Waals surface area contributed by atoms with Crippen LogP contribution in [-0.4, -0.2) is 24.9 Å². The topological polar surface area (TPSA) is 64.5 Å². The zero-order valence-electron chi connectivity index (χ0n) is 24.8. The fraction of sp³-hybridized carbons (Fsp3) is 0.359. The van der Waals surface area contributed by atoms with Crippen LogP contribution < -0.4 is 0 Å². The first-order valence-corrected chi connectivity index (χ1v) is 16.5. The third-order valence-corrected chi connectivity index (χ3v) is 12.5. The number of aromatic nitrogens is 5. The molecule has 7 aliphatic carbocycles. The molecule has 7 saturated carbocycles. The Morgan fingerprint density at radius 3 is 1.64 bits per heavy atom. The third kappa shape index (κ3) is 3.62. The van der Waals surface area contributed by atoms with Crippen molar-refractivity contribution in [2.24, 2.45) is 41.4 Å². The molecule has 2 aromatic carbocycles. The van der Waals surface area contributed by atoms with Crippen molar-refractivity contribution in [3.63, 3.8) is 0 Å². The van der Waals surface area contributed by atoms with E-state index in [1.165, 1.54) is 43.2 Å². The van der Waals surface area contributed by atoms with Gasteiger partial charge in [0.05, 0.1) is 0 Å². The van der Waals surface area contributed by atoms with Crippen LogP contribution in [0.25, 0.3) is 45.3 Å². The van der Waals surface area contributed by atoms with Crippen LogP contribution in [-0.2, 0) is 5.41 Å². The predicted molar refractivity (Wildman–Crippen MR) is 171 cm³/mol. The minimum absolute atomic E-state index is 0.446. The van der Waals surface area contributed by atoms with Crippen LogP contribution in [0.5, 0.6) is 0 Å². The first-order chi connectivity index (χ1) is 21.7. The lowest BCUT2D eigenvalue weighted by atomic mass is 9.30. The molecular weight excluding hydrogens is 538 g/mol. The Morgan fingerprint density at radius 2 is 1.02 bits per heavy atom. The maximum Gasteiger partial charge on any atom is 0.164 e. The van der Waals surface area contributed by atoms with Crippen LogP contribution in [0.4, 0.5) is 0 Å². The smallest absolute Gasteiger partial charge is 0.164 e. The van der Waals surface area contributed by atoms with Gasteiger partial charge in [-0.3, -0.25) is 9.97 Å². The van der Waals surface area contributed by atoms with Gasteiger partial charge in [-0.15, -0.1) is 0 Å². The van der Waals surface area contributed by atoms with Crippen molar-refractivity contribution in [3.05, 3.63) is 103 Å². The van der Waals surface area contributed by atoms with Gasteiger partial charge in [0.25, 0.3) is 0 Å². The van der Waals surface area contributed by atoms with Crippen molar-refractivity contribution >= 4 is 0 Å². The van der Waals surface area contributed by atoms with E-state index in [-0.39, 0.29) is 0 Å². The zero-order chi connectivity index (χ0) is 28.8. The number of pyridine rings is 2. The summed E-state index contributed by atoms with van der Waals surface area (Å²) < 4.78 is 0. The molecule has 12 rings (SSSR count). The molecule has 44 heavy (non-hydrogen) atoms. The van der Waals surface area contributed by atoms with E-state index in [0.29, 0.717) is 22.9 Å². The molecule has 7 aliphatic rings. The van der Waals surface area contributed by atoms with Crippen molar-refractivity contribution in [3.8, 4) is 45.3 Å². The van der Waals surface area contributed by atoms with Crippen molar-refractivity contribution in [2.75, 3.05) is 0 Å². The molecule has 0 aliphatic heterocycles. The van der Waals surface area contributed by atoms with Crippen LogP contribution in [0.2, 0.25) is 0 Å². The van der Waals surface area contributed by atoms with E-state index in [0.717, 1.165) is 58.1 Å². The van der Waals surface area contributed by atoms with Gasteiger partial charge in [-0.25, -0.2) is 15.0 Å². The number of nitrogens with zero attached hydrogens (tertiary/aromatic N) is 5. The van der Waals surface area contributed by atoms with E-state index in [2.05, 4.69) is 58.5 Å². The molecule has 3 aromatic heterocycles. The molecule has 216 valence electrons. The van der Waals surface area contributed by atoms with E-state index >= 15 is 0 Å². The molecule has 5 heteroatoms. The molecule has 0 spiro atoms. The van der Waals surface area contributed by atoms with Crippen LogP contribution in [0.15, 0.2) is 97.6 Å². The summed E-state index contributed by atoms with van der Waals surface area (Å²) in [5, 5.41) is 0. The molecule has 0 amide bonds. The Morgan fingerprint density at radius 1 is 0.477 bits per heavy atom. The zero-order valence-corrected chi connectivity index (χ0v) is 24.8. The van der Waals surface area contributed by atoms with Gasteiger partial charge in [-0.2, -0.15) is 0 Å². The normalized spacial score (nSPS) is 32.3.